The zero-order valence-electron chi connectivity index (χ0n) is 11.1. The summed E-state index contributed by atoms with van der Waals surface area (Å²) < 4.78 is 0. The number of hydrogen-bond acceptors (Lipinski definition) is 3. The summed E-state index contributed by atoms with van der Waals surface area (Å²) >= 11 is 1.78. The van der Waals surface area contributed by atoms with Gasteiger partial charge < -0.3 is 0 Å². The van der Waals surface area contributed by atoms with Crippen LogP contribution in [-0.4, -0.2) is 6.04 Å². The van der Waals surface area contributed by atoms with Crippen LogP contribution in [-0.2, 0) is 6.42 Å². The molecule has 1 rings (SSSR count). The van der Waals surface area contributed by atoms with Crippen molar-refractivity contribution < 1.29 is 0 Å². The summed E-state index contributed by atoms with van der Waals surface area (Å²) in [6, 6.07) is 2.68. The summed E-state index contributed by atoms with van der Waals surface area (Å²) in [5.74, 6) is 6.46. The second-order valence-electron chi connectivity index (χ2n) is 4.78. The number of rotatable bonds is 9. The van der Waals surface area contributed by atoms with Crippen molar-refractivity contribution in [3.8, 4) is 0 Å². The van der Waals surface area contributed by atoms with Crippen molar-refractivity contribution in [1.29, 1.82) is 0 Å². The van der Waals surface area contributed by atoms with Gasteiger partial charge in [-0.1, -0.05) is 26.7 Å². The van der Waals surface area contributed by atoms with Gasteiger partial charge in [-0.15, -0.1) is 0 Å². The van der Waals surface area contributed by atoms with Crippen LogP contribution in [0.3, 0.4) is 0 Å². The summed E-state index contributed by atoms with van der Waals surface area (Å²) in [6.07, 6.45) is 7.36. The molecule has 1 aromatic heterocycles. The van der Waals surface area contributed by atoms with Crippen LogP contribution in [0.15, 0.2) is 16.8 Å². The van der Waals surface area contributed by atoms with Crippen LogP contribution in [0, 0.1) is 5.92 Å². The van der Waals surface area contributed by atoms with Gasteiger partial charge in [0.2, 0.25) is 0 Å². The fourth-order valence-corrected chi connectivity index (χ4v) is 3.20. The van der Waals surface area contributed by atoms with Gasteiger partial charge in [0.15, 0.2) is 0 Å². The Kier molecular flexibility index (Phi) is 7.49. The highest BCUT2D eigenvalue weighted by Gasteiger charge is 2.18. The highest BCUT2D eigenvalue weighted by Crippen LogP contribution is 2.21. The third-order valence-electron chi connectivity index (χ3n) is 3.43. The molecule has 2 nitrogen and oxygen atoms in total. The standard InChI is InChI=1S/C14H26N2S/c1-3-5-13(6-4-2)14(16-15)8-7-12-9-10-17-11-12/h9-11,13-14,16H,3-8,15H2,1-2H3. The summed E-state index contributed by atoms with van der Waals surface area (Å²) in [5, 5.41) is 4.39. The molecule has 0 saturated carbocycles. The third-order valence-corrected chi connectivity index (χ3v) is 4.16. The zero-order valence-corrected chi connectivity index (χ0v) is 11.9. The normalized spacial score (nSPS) is 13.2. The van der Waals surface area contributed by atoms with E-state index in [2.05, 4.69) is 36.1 Å². The molecule has 0 saturated heterocycles. The molecule has 3 N–H and O–H groups in total. The molecule has 1 atom stereocenters. The molecule has 0 aliphatic carbocycles. The van der Waals surface area contributed by atoms with E-state index >= 15 is 0 Å². The molecular formula is C14H26N2S. The van der Waals surface area contributed by atoms with E-state index in [1.807, 2.05) is 0 Å². The molecule has 17 heavy (non-hydrogen) atoms. The van der Waals surface area contributed by atoms with Crippen molar-refractivity contribution in [3.63, 3.8) is 0 Å². The lowest BCUT2D eigenvalue weighted by Crippen LogP contribution is -2.41. The van der Waals surface area contributed by atoms with E-state index in [1.54, 1.807) is 11.3 Å². The van der Waals surface area contributed by atoms with E-state index in [4.69, 9.17) is 5.84 Å². The van der Waals surface area contributed by atoms with Crippen molar-refractivity contribution in [2.45, 2.75) is 58.4 Å². The fourth-order valence-electron chi connectivity index (χ4n) is 2.50. The van der Waals surface area contributed by atoms with E-state index in [-0.39, 0.29) is 0 Å². The number of aryl methyl sites for hydroxylation is 1. The molecule has 0 aromatic carbocycles. The lowest BCUT2D eigenvalue weighted by atomic mass is 9.87. The Bertz CT molecular complexity index is 266. The van der Waals surface area contributed by atoms with E-state index in [0.29, 0.717) is 6.04 Å². The third kappa shape index (κ3) is 5.19. The molecule has 1 heterocycles. The molecule has 0 bridgehead atoms. The minimum atomic E-state index is 0.467. The Balaban J connectivity index is 2.43. The maximum Gasteiger partial charge on any atom is 0.0241 e. The lowest BCUT2D eigenvalue weighted by molar-refractivity contribution is 0.299. The van der Waals surface area contributed by atoms with Crippen molar-refractivity contribution in [3.05, 3.63) is 22.4 Å². The van der Waals surface area contributed by atoms with E-state index in [1.165, 1.54) is 31.2 Å². The SMILES string of the molecule is CCCC(CCC)C(CCc1ccsc1)NN. The quantitative estimate of drug-likeness (QED) is 0.520. The van der Waals surface area contributed by atoms with Crippen molar-refractivity contribution in [1.82, 2.24) is 5.43 Å². The van der Waals surface area contributed by atoms with Crippen molar-refractivity contribution >= 4 is 11.3 Å². The van der Waals surface area contributed by atoms with Gasteiger partial charge >= 0.3 is 0 Å². The predicted molar refractivity (Wildman–Crippen MR) is 77.1 cm³/mol. The molecule has 0 aliphatic rings. The van der Waals surface area contributed by atoms with Crippen LogP contribution in [0.2, 0.25) is 0 Å². The second kappa shape index (κ2) is 8.67. The first-order valence-corrected chi connectivity index (χ1v) is 7.73. The maximum atomic E-state index is 5.73. The molecule has 3 heteroatoms. The van der Waals surface area contributed by atoms with Crippen LogP contribution in [0.5, 0.6) is 0 Å². The van der Waals surface area contributed by atoms with Crippen LogP contribution >= 0.6 is 11.3 Å². The molecule has 1 aromatic rings. The van der Waals surface area contributed by atoms with E-state index in [0.717, 1.165) is 18.8 Å². The highest BCUT2D eigenvalue weighted by atomic mass is 32.1. The Hall–Kier alpha value is -0.380. The van der Waals surface area contributed by atoms with Gasteiger partial charge in [0, 0.05) is 6.04 Å². The van der Waals surface area contributed by atoms with Crippen LogP contribution in [0.1, 0.15) is 51.5 Å². The molecule has 0 fully saturated rings. The molecule has 0 amide bonds. The fraction of sp³-hybridized carbons (Fsp3) is 0.714. The second-order valence-corrected chi connectivity index (χ2v) is 5.56. The summed E-state index contributed by atoms with van der Waals surface area (Å²) in [4.78, 5) is 0. The smallest absolute Gasteiger partial charge is 0.0241 e. The molecule has 0 spiro atoms. The lowest BCUT2D eigenvalue weighted by Gasteiger charge is -2.26. The molecular weight excluding hydrogens is 228 g/mol. The van der Waals surface area contributed by atoms with Gasteiger partial charge in [-0.05, 0) is 54.0 Å². The van der Waals surface area contributed by atoms with Gasteiger partial charge in [-0.25, -0.2) is 0 Å². The monoisotopic (exact) mass is 254 g/mol. The summed E-state index contributed by atoms with van der Waals surface area (Å²) in [5.41, 5.74) is 4.48. The first kappa shape index (κ1) is 14.7. The number of thiophene rings is 1. The van der Waals surface area contributed by atoms with Crippen molar-refractivity contribution in [2.24, 2.45) is 11.8 Å². The number of hydrogen-bond donors (Lipinski definition) is 2. The Labute approximate surface area is 110 Å². The molecule has 0 radical (unpaired) electrons. The summed E-state index contributed by atoms with van der Waals surface area (Å²) in [6.45, 7) is 4.52. The predicted octanol–water partition coefficient (Wildman–Crippen LogP) is 3.73. The average Bonchev–Trinajstić information content (AvgIpc) is 2.83. The van der Waals surface area contributed by atoms with Gasteiger partial charge in [0.05, 0.1) is 0 Å². The van der Waals surface area contributed by atoms with Crippen LogP contribution < -0.4 is 11.3 Å². The van der Waals surface area contributed by atoms with E-state index in [9.17, 15) is 0 Å². The number of nitrogens with one attached hydrogen (secondary N) is 1. The Morgan fingerprint density at radius 1 is 1.24 bits per heavy atom. The minimum absolute atomic E-state index is 0.467. The van der Waals surface area contributed by atoms with Gasteiger partial charge in [0.25, 0.3) is 0 Å². The number of hydrazine groups is 1. The van der Waals surface area contributed by atoms with Gasteiger partial charge in [-0.2, -0.15) is 11.3 Å². The van der Waals surface area contributed by atoms with Gasteiger partial charge in [-0.3, -0.25) is 11.3 Å². The molecule has 98 valence electrons. The van der Waals surface area contributed by atoms with Crippen LogP contribution in [0.25, 0.3) is 0 Å². The Morgan fingerprint density at radius 3 is 2.41 bits per heavy atom. The Morgan fingerprint density at radius 2 is 1.94 bits per heavy atom. The largest absolute Gasteiger partial charge is 0.271 e. The topological polar surface area (TPSA) is 38.0 Å². The first-order valence-electron chi connectivity index (χ1n) is 6.79. The molecule has 1 unspecified atom stereocenters. The van der Waals surface area contributed by atoms with E-state index < -0.39 is 0 Å². The first-order chi connectivity index (χ1) is 8.31. The van der Waals surface area contributed by atoms with Crippen LogP contribution in [0.4, 0.5) is 0 Å². The summed E-state index contributed by atoms with van der Waals surface area (Å²) in [7, 11) is 0. The van der Waals surface area contributed by atoms with Crippen molar-refractivity contribution in [2.75, 3.05) is 0 Å². The zero-order chi connectivity index (χ0) is 12.5. The maximum absolute atomic E-state index is 5.73. The molecule has 0 aliphatic heterocycles. The van der Waals surface area contributed by atoms with Gasteiger partial charge in [0.1, 0.15) is 0 Å². The number of nitrogens with two attached hydrogens (primary N) is 1. The average molecular weight is 254 g/mol. The minimum Gasteiger partial charge on any atom is -0.271 e. The highest BCUT2D eigenvalue weighted by molar-refractivity contribution is 7.07.